The number of nitrogens with two attached hydrogens (primary N) is 1. The average molecular weight is 146 g/mol. The second kappa shape index (κ2) is 2.56. The molecule has 9 heavy (non-hydrogen) atoms. The molecule has 0 unspecified atom stereocenters. The molecule has 5 nitrogen and oxygen atoms in total. The number of hydrogen-bond donors (Lipinski definition) is 2. The van der Waals surface area contributed by atoms with Gasteiger partial charge in [0, 0.05) is 0 Å². The van der Waals surface area contributed by atoms with Crippen LogP contribution in [0.4, 0.5) is 5.95 Å². The number of hydrogen-bond acceptors (Lipinski definition) is 5. The molecule has 0 fully saturated rings. The molecule has 0 saturated carbocycles. The lowest BCUT2D eigenvalue weighted by molar-refractivity contribution is 1.03. The van der Waals surface area contributed by atoms with Crippen LogP contribution >= 0.6 is 11.6 Å². The van der Waals surface area contributed by atoms with E-state index in [4.69, 9.17) is 17.4 Å². The molecule has 0 aromatic carbocycles. The molecule has 0 bridgehead atoms. The van der Waals surface area contributed by atoms with Crippen LogP contribution in [0.1, 0.15) is 0 Å². The minimum atomic E-state index is 0.123. The van der Waals surface area contributed by atoms with Crippen LogP contribution in [0.25, 0.3) is 0 Å². The SMILES string of the molecule is NNc1ncnc(Cl)n1. The third kappa shape index (κ3) is 1.48. The van der Waals surface area contributed by atoms with Gasteiger partial charge in [0.2, 0.25) is 11.2 Å². The van der Waals surface area contributed by atoms with Crippen LogP contribution in [0.3, 0.4) is 0 Å². The van der Waals surface area contributed by atoms with E-state index in [1.165, 1.54) is 6.33 Å². The second-order valence-electron chi connectivity index (χ2n) is 1.22. The van der Waals surface area contributed by atoms with Crippen LogP contribution in [0.5, 0.6) is 0 Å². The van der Waals surface area contributed by atoms with E-state index < -0.39 is 0 Å². The third-order valence-corrected chi connectivity index (χ3v) is 0.854. The zero-order valence-electron chi connectivity index (χ0n) is 4.37. The van der Waals surface area contributed by atoms with Crippen molar-refractivity contribution in [2.75, 3.05) is 5.43 Å². The summed E-state index contributed by atoms with van der Waals surface area (Å²) < 4.78 is 0. The molecule has 0 aliphatic rings. The number of rotatable bonds is 1. The van der Waals surface area contributed by atoms with Gasteiger partial charge < -0.3 is 0 Å². The average Bonchev–Trinajstić information content (AvgIpc) is 1.88. The lowest BCUT2D eigenvalue weighted by Gasteiger charge is -1.93. The van der Waals surface area contributed by atoms with Crippen molar-refractivity contribution in [3.63, 3.8) is 0 Å². The predicted molar refractivity (Wildman–Crippen MR) is 32.6 cm³/mol. The highest BCUT2D eigenvalue weighted by Gasteiger charge is 1.91. The van der Waals surface area contributed by atoms with Gasteiger partial charge in [-0.15, -0.1) is 0 Å². The van der Waals surface area contributed by atoms with Gasteiger partial charge in [-0.3, -0.25) is 5.43 Å². The fourth-order valence-corrected chi connectivity index (χ4v) is 0.470. The Morgan fingerprint density at radius 2 is 2.33 bits per heavy atom. The fraction of sp³-hybridized carbons (Fsp3) is 0. The Morgan fingerprint density at radius 3 is 2.78 bits per heavy atom. The summed E-state index contributed by atoms with van der Waals surface area (Å²) in [6.07, 6.45) is 1.27. The maximum atomic E-state index is 5.37. The maximum Gasteiger partial charge on any atom is 0.241 e. The van der Waals surface area contributed by atoms with Crippen molar-refractivity contribution < 1.29 is 0 Å². The molecule has 6 heteroatoms. The highest BCUT2D eigenvalue weighted by Crippen LogP contribution is 1.98. The van der Waals surface area contributed by atoms with E-state index in [0.29, 0.717) is 0 Å². The standard InChI is InChI=1S/C3H4ClN5/c4-2-6-1-7-3(8-2)9-5/h1H,5H2,(H,6,7,8,9). The Kier molecular flexibility index (Phi) is 1.76. The molecule has 0 saturated heterocycles. The second-order valence-corrected chi connectivity index (χ2v) is 1.56. The molecule has 3 N–H and O–H groups in total. The van der Waals surface area contributed by atoms with Crippen molar-refractivity contribution in [3.05, 3.63) is 11.6 Å². The zero-order chi connectivity index (χ0) is 6.69. The maximum absolute atomic E-state index is 5.37. The van der Waals surface area contributed by atoms with E-state index in [0.717, 1.165) is 0 Å². The largest absolute Gasteiger partial charge is 0.292 e. The first-order valence-electron chi connectivity index (χ1n) is 2.14. The van der Waals surface area contributed by atoms with E-state index in [1.54, 1.807) is 0 Å². The summed E-state index contributed by atoms with van der Waals surface area (Å²) in [7, 11) is 0. The fourth-order valence-electron chi connectivity index (χ4n) is 0.346. The summed E-state index contributed by atoms with van der Waals surface area (Å²) in [5.41, 5.74) is 2.22. The van der Waals surface area contributed by atoms with Gasteiger partial charge in [-0.05, 0) is 11.6 Å². The molecule has 1 aromatic rings. The summed E-state index contributed by atoms with van der Waals surface area (Å²) >= 11 is 5.37. The van der Waals surface area contributed by atoms with Crippen LogP contribution < -0.4 is 11.3 Å². The third-order valence-electron chi connectivity index (χ3n) is 0.672. The topological polar surface area (TPSA) is 76.7 Å². The Bertz CT molecular complexity index is 201. The summed E-state index contributed by atoms with van der Waals surface area (Å²) in [6.45, 7) is 0. The van der Waals surface area contributed by atoms with Crippen molar-refractivity contribution in [1.29, 1.82) is 0 Å². The van der Waals surface area contributed by atoms with Gasteiger partial charge in [-0.2, -0.15) is 4.98 Å². The summed E-state index contributed by atoms with van der Waals surface area (Å²) in [5, 5.41) is 0.123. The minimum Gasteiger partial charge on any atom is -0.292 e. The molecule has 1 heterocycles. The van der Waals surface area contributed by atoms with Gasteiger partial charge in [0.1, 0.15) is 6.33 Å². The van der Waals surface area contributed by atoms with Crippen LogP contribution in [-0.4, -0.2) is 15.0 Å². The molecule has 0 aliphatic heterocycles. The van der Waals surface area contributed by atoms with E-state index in [1.807, 2.05) is 0 Å². The normalized spacial score (nSPS) is 9.11. The molecule has 0 amide bonds. The van der Waals surface area contributed by atoms with Crippen molar-refractivity contribution in [2.45, 2.75) is 0 Å². The number of aromatic nitrogens is 3. The molecule has 1 rings (SSSR count). The van der Waals surface area contributed by atoms with Gasteiger partial charge in [0.15, 0.2) is 0 Å². The van der Waals surface area contributed by atoms with Crippen molar-refractivity contribution >= 4 is 17.5 Å². The summed E-state index contributed by atoms with van der Waals surface area (Å²) in [5.74, 6) is 5.22. The van der Waals surface area contributed by atoms with Crippen LogP contribution in [0, 0.1) is 0 Å². The smallest absolute Gasteiger partial charge is 0.241 e. The van der Waals surface area contributed by atoms with E-state index in [9.17, 15) is 0 Å². The zero-order valence-corrected chi connectivity index (χ0v) is 5.13. The Labute approximate surface area is 56.3 Å². The molecule has 1 aromatic heterocycles. The van der Waals surface area contributed by atoms with E-state index in [-0.39, 0.29) is 11.2 Å². The molecule has 0 radical (unpaired) electrons. The number of nitrogens with one attached hydrogen (secondary N) is 1. The molecule has 0 spiro atoms. The minimum absolute atomic E-state index is 0.123. The first kappa shape index (κ1) is 6.18. The van der Waals surface area contributed by atoms with Gasteiger partial charge >= 0.3 is 0 Å². The number of anilines is 1. The van der Waals surface area contributed by atoms with Gasteiger partial charge in [0.05, 0.1) is 0 Å². The van der Waals surface area contributed by atoms with E-state index in [2.05, 4.69) is 20.4 Å². The van der Waals surface area contributed by atoms with Crippen LogP contribution in [-0.2, 0) is 0 Å². The number of hydrazine groups is 1. The Hall–Kier alpha value is -0.940. The molecular weight excluding hydrogens is 142 g/mol. The van der Waals surface area contributed by atoms with Gasteiger partial charge in [-0.25, -0.2) is 15.8 Å². The molecule has 0 aliphatic carbocycles. The summed E-state index contributed by atoms with van der Waals surface area (Å²) in [6, 6.07) is 0. The first-order chi connectivity index (χ1) is 4.33. The van der Waals surface area contributed by atoms with E-state index >= 15 is 0 Å². The number of halogens is 1. The lowest BCUT2D eigenvalue weighted by Crippen LogP contribution is -2.10. The monoisotopic (exact) mass is 145 g/mol. The molecule has 0 atom stereocenters. The first-order valence-corrected chi connectivity index (χ1v) is 2.52. The van der Waals surface area contributed by atoms with Gasteiger partial charge in [0.25, 0.3) is 0 Å². The predicted octanol–water partition coefficient (Wildman–Crippen LogP) is -0.189. The number of nitrogens with zero attached hydrogens (tertiary/aromatic N) is 3. The summed E-state index contributed by atoms with van der Waals surface area (Å²) in [4.78, 5) is 10.7. The Balaban J connectivity index is 2.94. The highest BCUT2D eigenvalue weighted by molar-refractivity contribution is 6.28. The number of nitrogen functional groups attached to an aromatic ring is 1. The Morgan fingerprint density at radius 1 is 1.56 bits per heavy atom. The van der Waals surface area contributed by atoms with Crippen molar-refractivity contribution in [1.82, 2.24) is 15.0 Å². The van der Waals surface area contributed by atoms with Crippen LogP contribution in [0.2, 0.25) is 5.28 Å². The lowest BCUT2D eigenvalue weighted by atomic mass is 11.0. The quantitative estimate of drug-likeness (QED) is 0.423. The van der Waals surface area contributed by atoms with Crippen molar-refractivity contribution in [3.8, 4) is 0 Å². The molecule has 48 valence electrons. The molecular formula is C3H4ClN5. The highest BCUT2D eigenvalue weighted by atomic mass is 35.5. The van der Waals surface area contributed by atoms with Gasteiger partial charge in [-0.1, -0.05) is 0 Å². The van der Waals surface area contributed by atoms with Crippen LogP contribution in [0.15, 0.2) is 6.33 Å². The van der Waals surface area contributed by atoms with Crippen molar-refractivity contribution in [2.24, 2.45) is 5.84 Å².